The lowest BCUT2D eigenvalue weighted by molar-refractivity contribution is 0.199. The standard InChI is InChI=1S/C13H21ClN2O/c1-10(17)12-6-5-11(9-13(12)14)16(4)8-7-15(2)3/h5-6,9-10,17H,7-8H2,1-4H3. The highest BCUT2D eigenvalue weighted by Crippen LogP contribution is 2.27. The molecule has 96 valence electrons. The lowest BCUT2D eigenvalue weighted by Gasteiger charge is -2.22. The minimum absolute atomic E-state index is 0.524. The van der Waals surface area contributed by atoms with Crippen LogP contribution in [0.3, 0.4) is 0 Å². The summed E-state index contributed by atoms with van der Waals surface area (Å²) in [6.45, 7) is 3.65. The Morgan fingerprint density at radius 1 is 1.24 bits per heavy atom. The van der Waals surface area contributed by atoms with E-state index < -0.39 is 6.10 Å². The van der Waals surface area contributed by atoms with Gasteiger partial charge in [0.25, 0.3) is 0 Å². The molecule has 1 N–H and O–H groups in total. The molecule has 0 aliphatic heterocycles. The van der Waals surface area contributed by atoms with Crippen molar-refractivity contribution in [3.8, 4) is 0 Å². The van der Waals surface area contributed by atoms with E-state index in [1.54, 1.807) is 6.92 Å². The van der Waals surface area contributed by atoms with Crippen LogP contribution in [-0.4, -0.2) is 44.2 Å². The normalized spacial score (nSPS) is 12.9. The maximum absolute atomic E-state index is 9.51. The smallest absolute Gasteiger partial charge is 0.0776 e. The van der Waals surface area contributed by atoms with Gasteiger partial charge < -0.3 is 14.9 Å². The monoisotopic (exact) mass is 256 g/mol. The van der Waals surface area contributed by atoms with Gasteiger partial charge in [0.1, 0.15) is 0 Å². The van der Waals surface area contributed by atoms with Gasteiger partial charge in [0.05, 0.1) is 6.10 Å². The number of halogens is 1. The third-order valence-corrected chi connectivity index (χ3v) is 3.08. The Kier molecular flexibility index (Phi) is 5.25. The van der Waals surface area contributed by atoms with Crippen LogP contribution in [0.2, 0.25) is 5.02 Å². The summed E-state index contributed by atoms with van der Waals surface area (Å²) in [4.78, 5) is 4.29. The first kappa shape index (κ1) is 14.3. The Labute approximate surface area is 109 Å². The third kappa shape index (κ3) is 4.19. The van der Waals surface area contributed by atoms with E-state index in [0.29, 0.717) is 5.02 Å². The number of rotatable bonds is 5. The average molecular weight is 257 g/mol. The van der Waals surface area contributed by atoms with Crippen molar-refractivity contribution in [1.82, 2.24) is 4.90 Å². The zero-order chi connectivity index (χ0) is 13.0. The molecule has 0 aliphatic rings. The van der Waals surface area contributed by atoms with Crippen molar-refractivity contribution in [2.45, 2.75) is 13.0 Å². The predicted octanol–water partition coefficient (Wildman–Crippen LogP) is 2.39. The minimum Gasteiger partial charge on any atom is -0.389 e. The topological polar surface area (TPSA) is 26.7 Å². The van der Waals surface area contributed by atoms with Crippen molar-refractivity contribution < 1.29 is 5.11 Å². The van der Waals surface area contributed by atoms with Crippen molar-refractivity contribution in [2.75, 3.05) is 39.1 Å². The van der Waals surface area contributed by atoms with Gasteiger partial charge in [0.15, 0.2) is 0 Å². The molecule has 1 aromatic rings. The van der Waals surface area contributed by atoms with E-state index in [4.69, 9.17) is 11.6 Å². The van der Waals surface area contributed by atoms with Crippen LogP contribution in [0.1, 0.15) is 18.6 Å². The van der Waals surface area contributed by atoms with E-state index in [1.165, 1.54) is 0 Å². The molecule has 0 aromatic heterocycles. The Hall–Kier alpha value is -0.770. The van der Waals surface area contributed by atoms with Gasteiger partial charge >= 0.3 is 0 Å². The number of hydrogen-bond donors (Lipinski definition) is 1. The van der Waals surface area contributed by atoms with E-state index in [-0.39, 0.29) is 0 Å². The van der Waals surface area contributed by atoms with Crippen LogP contribution in [0.25, 0.3) is 0 Å². The number of benzene rings is 1. The Balaban J connectivity index is 2.75. The number of aliphatic hydroxyl groups is 1. The van der Waals surface area contributed by atoms with Gasteiger partial charge in [0.2, 0.25) is 0 Å². The largest absolute Gasteiger partial charge is 0.389 e. The fraction of sp³-hybridized carbons (Fsp3) is 0.538. The van der Waals surface area contributed by atoms with E-state index in [9.17, 15) is 5.11 Å². The zero-order valence-corrected chi connectivity index (χ0v) is 11.7. The van der Waals surface area contributed by atoms with Gasteiger partial charge in [-0.15, -0.1) is 0 Å². The fourth-order valence-corrected chi connectivity index (χ4v) is 1.90. The highest BCUT2D eigenvalue weighted by Gasteiger charge is 2.09. The number of likely N-dealkylation sites (N-methyl/N-ethyl adjacent to an activating group) is 2. The molecule has 1 aromatic carbocycles. The molecule has 17 heavy (non-hydrogen) atoms. The molecule has 0 spiro atoms. The Morgan fingerprint density at radius 3 is 2.35 bits per heavy atom. The molecule has 0 radical (unpaired) electrons. The average Bonchev–Trinajstić information content (AvgIpc) is 2.25. The van der Waals surface area contributed by atoms with Crippen LogP contribution < -0.4 is 4.90 Å². The first-order chi connectivity index (χ1) is 7.91. The van der Waals surface area contributed by atoms with Gasteiger partial charge in [-0.1, -0.05) is 17.7 Å². The Bertz CT molecular complexity index is 366. The first-order valence-electron chi connectivity index (χ1n) is 5.75. The molecule has 0 saturated carbocycles. The van der Waals surface area contributed by atoms with Gasteiger partial charge in [-0.25, -0.2) is 0 Å². The second kappa shape index (κ2) is 6.24. The lowest BCUT2D eigenvalue weighted by atomic mass is 10.1. The summed E-state index contributed by atoms with van der Waals surface area (Å²) in [7, 11) is 6.14. The molecule has 0 saturated heterocycles. The van der Waals surface area contributed by atoms with Crippen LogP contribution in [0.4, 0.5) is 5.69 Å². The zero-order valence-electron chi connectivity index (χ0n) is 10.9. The van der Waals surface area contributed by atoms with Crippen LogP contribution in [0.5, 0.6) is 0 Å². The van der Waals surface area contributed by atoms with Crippen molar-refractivity contribution in [3.05, 3.63) is 28.8 Å². The van der Waals surface area contributed by atoms with Crippen molar-refractivity contribution >= 4 is 17.3 Å². The molecule has 4 heteroatoms. The predicted molar refractivity (Wildman–Crippen MR) is 73.9 cm³/mol. The molecule has 3 nitrogen and oxygen atoms in total. The maximum atomic E-state index is 9.51. The number of aliphatic hydroxyl groups excluding tert-OH is 1. The third-order valence-electron chi connectivity index (χ3n) is 2.76. The molecule has 0 bridgehead atoms. The Morgan fingerprint density at radius 2 is 1.88 bits per heavy atom. The highest BCUT2D eigenvalue weighted by atomic mass is 35.5. The SMILES string of the molecule is CC(O)c1ccc(N(C)CCN(C)C)cc1Cl. The van der Waals surface area contributed by atoms with Crippen LogP contribution in [0.15, 0.2) is 18.2 Å². The summed E-state index contributed by atoms with van der Waals surface area (Å²) in [6, 6.07) is 5.78. The molecular formula is C13H21ClN2O. The number of anilines is 1. The summed E-state index contributed by atoms with van der Waals surface area (Å²) in [5.74, 6) is 0. The van der Waals surface area contributed by atoms with Gasteiger partial charge in [-0.2, -0.15) is 0 Å². The van der Waals surface area contributed by atoms with E-state index in [2.05, 4.69) is 23.9 Å². The van der Waals surface area contributed by atoms with Crippen LogP contribution in [0, 0.1) is 0 Å². The van der Waals surface area contributed by atoms with Crippen molar-refractivity contribution in [3.63, 3.8) is 0 Å². The molecule has 0 aliphatic carbocycles. The van der Waals surface area contributed by atoms with Crippen LogP contribution in [-0.2, 0) is 0 Å². The van der Waals surface area contributed by atoms with E-state index in [1.807, 2.05) is 25.2 Å². The van der Waals surface area contributed by atoms with Crippen molar-refractivity contribution in [1.29, 1.82) is 0 Å². The molecule has 1 unspecified atom stereocenters. The highest BCUT2D eigenvalue weighted by molar-refractivity contribution is 6.31. The lowest BCUT2D eigenvalue weighted by Crippen LogP contribution is -2.28. The summed E-state index contributed by atoms with van der Waals surface area (Å²) in [5, 5.41) is 10.1. The molecular weight excluding hydrogens is 236 g/mol. The number of nitrogens with zero attached hydrogens (tertiary/aromatic N) is 2. The van der Waals surface area contributed by atoms with Crippen molar-refractivity contribution in [2.24, 2.45) is 0 Å². The first-order valence-corrected chi connectivity index (χ1v) is 6.13. The maximum Gasteiger partial charge on any atom is 0.0776 e. The van der Waals surface area contributed by atoms with Gasteiger partial charge in [0, 0.05) is 30.8 Å². The van der Waals surface area contributed by atoms with E-state index in [0.717, 1.165) is 24.3 Å². The summed E-state index contributed by atoms with van der Waals surface area (Å²) >= 11 is 6.13. The fourth-order valence-electron chi connectivity index (χ4n) is 1.57. The molecule has 1 rings (SSSR count). The summed E-state index contributed by atoms with van der Waals surface area (Å²) < 4.78 is 0. The minimum atomic E-state index is -0.524. The molecule has 0 amide bonds. The molecule has 0 fully saturated rings. The van der Waals surface area contributed by atoms with Gasteiger partial charge in [-0.3, -0.25) is 0 Å². The van der Waals surface area contributed by atoms with Crippen LogP contribution >= 0.6 is 11.6 Å². The second-order valence-corrected chi connectivity index (χ2v) is 5.01. The van der Waals surface area contributed by atoms with Gasteiger partial charge in [-0.05, 0) is 38.7 Å². The van der Waals surface area contributed by atoms with E-state index >= 15 is 0 Å². The summed E-state index contributed by atoms with van der Waals surface area (Å²) in [5.41, 5.74) is 1.85. The molecule has 0 heterocycles. The second-order valence-electron chi connectivity index (χ2n) is 4.61. The quantitative estimate of drug-likeness (QED) is 0.876. The summed E-state index contributed by atoms with van der Waals surface area (Å²) in [6.07, 6.45) is -0.524. The number of hydrogen-bond acceptors (Lipinski definition) is 3. The molecule has 1 atom stereocenters.